The maximum atomic E-state index is 11.8. The van der Waals surface area contributed by atoms with Crippen molar-refractivity contribution in [3.63, 3.8) is 0 Å². The first kappa shape index (κ1) is 14.6. The van der Waals surface area contributed by atoms with E-state index in [0.717, 1.165) is 11.3 Å². The molecule has 0 saturated heterocycles. The van der Waals surface area contributed by atoms with Crippen LogP contribution in [0.1, 0.15) is 15.9 Å². The topological polar surface area (TPSA) is 75.6 Å². The van der Waals surface area contributed by atoms with Crippen LogP contribution in [0, 0.1) is 6.92 Å². The second-order valence-electron chi connectivity index (χ2n) is 4.48. The van der Waals surface area contributed by atoms with E-state index >= 15 is 0 Å². The number of carboxylic acids is 1. The Bertz CT molecular complexity index is 667. The molecule has 0 aliphatic heterocycles. The number of rotatable bonds is 5. The summed E-state index contributed by atoms with van der Waals surface area (Å²) >= 11 is 0. The van der Waals surface area contributed by atoms with Gasteiger partial charge in [0, 0.05) is 5.69 Å². The van der Waals surface area contributed by atoms with Gasteiger partial charge in [0.25, 0.3) is 5.91 Å². The molecule has 0 unspecified atom stereocenters. The fourth-order valence-electron chi connectivity index (χ4n) is 1.77. The molecule has 0 aliphatic rings. The van der Waals surface area contributed by atoms with Crippen LogP contribution in [0.5, 0.6) is 5.75 Å². The number of hydrogen-bond donors (Lipinski definition) is 2. The molecule has 0 spiro atoms. The minimum atomic E-state index is -1.04. The van der Waals surface area contributed by atoms with Gasteiger partial charge >= 0.3 is 5.97 Å². The molecule has 2 N–H and O–H groups in total. The highest BCUT2D eigenvalue weighted by molar-refractivity contribution is 5.92. The summed E-state index contributed by atoms with van der Waals surface area (Å²) in [5, 5.41) is 11.6. The van der Waals surface area contributed by atoms with Gasteiger partial charge in [0.2, 0.25) is 0 Å². The molecule has 0 bridgehead atoms. The first-order valence-corrected chi connectivity index (χ1v) is 6.38. The van der Waals surface area contributed by atoms with E-state index in [4.69, 9.17) is 9.84 Å². The minimum Gasteiger partial charge on any atom is -0.484 e. The predicted molar refractivity (Wildman–Crippen MR) is 78.7 cm³/mol. The molecule has 108 valence electrons. The van der Waals surface area contributed by atoms with Gasteiger partial charge in [-0.2, -0.15) is 0 Å². The lowest BCUT2D eigenvalue weighted by molar-refractivity contribution is -0.118. The number of aromatic carboxylic acids is 1. The van der Waals surface area contributed by atoms with Crippen molar-refractivity contribution in [3.8, 4) is 5.75 Å². The van der Waals surface area contributed by atoms with Crippen LogP contribution in [0.25, 0.3) is 0 Å². The summed E-state index contributed by atoms with van der Waals surface area (Å²) in [4.78, 5) is 22.6. The number of benzene rings is 2. The molecule has 2 rings (SSSR count). The zero-order valence-corrected chi connectivity index (χ0v) is 11.5. The maximum Gasteiger partial charge on any atom is 0.335 e. The lowest BCUT2D eigenvalue weighted by Gasteiger charge is -2.09. The Labute approximate surface area is 122 Å². The summed E-state index contributed by atoms with van der Waals surface area (Å²) in [6, 6.07) is 13.4. The van der Waals surface area contributed by atoms with E-state index in [1.165, 1.54) is 12.1 Å². The summed E-state index contributed by atoms with van der Waals surface area (Å²) in [6.45, 7) is 1.71. The van der Waals surface area contributed by atoms with E-state index in [-0.39, 0.29) is 18.1 Å². The van der Waals surface area contributed by atoms with Gasteiger partial charge in [0.05, 0.1) is 5.56 Å². The zero-order valence-electron chi connectivity index (χ0n) is 11.5. The Hall–Kier alpha value is -2.82. The molecule has 2 aromatic rings. The van der Waals surface area contributed by atoms with Crippen molar-refractivity contribution in [2.75, 3.05) is 11.9 Å². The van der Waals surface area contributed by atoms with Gasteiger partial charge in [0.15, 0.2) is 6.61 Å². The summed E-state index contributed by atoms with van der Waals surface area (Å²) in [5.41, 5.74) is 1.80. The lowest BCUT2D eigenvalue weighted by atomic mass is 10.2. The van der Waals surface area contributed by atoms with Crippen molar-refractivity contribution in [2.24, 2.45) is 0 Å². The predicted octanol–water partition coefficient (Wildman–Crippen LogP) is 2.71. The van der Waals surface area contributed by atoms with Crippen molar-refractivity contribution >= 4 is 17.6 Å². The number of carbonyl (C=O) groups excluding carboxylic acids is 1. The van der Waals surface area contributed by atoms with Crippen LogP contribution in [-0.2, 0) is 4.79 Å². The van der Waals surface area contributed by atoms with Crippen molar-refractivity contribution in [1.82, 2.24) is 0 Å². The fourth-order valence-corrected chi connectivity index (χ4v) is 1.77. The van der Waals surface area contributed by atoms with Crippen LogP contribution >= 0.6 is 0 Å². The van der Waals surface area contributed by atoms with Crippen molar-refractivity contribution in [3.05, 3.63) is 59.7 Å². The number of anilines is 1. The molecule has 1 amide bonds. The molecule has 5 nitrogen and oxygen atoms in total. The molecule has 0 aromatic heterocycles. The SMILES string of the molecule is Cc1ccccc1NC(=O)COc1cccc(C(=O)O)c1. The van der Waals surface area contributed by atoms with Crippen molar-refractivity contribution in [2.45, 2.75) is 6.92 Å². The molecular weight excluding hydrogens is 270 g/mol. The summed E-state index contributed by atoms with van der Waals surface area (Å²) in [5.74, 6) is -0.996. The Balaban J connectivity index is 1.94. The van der Waals surface area contributed by atoms with E-state index in [0.29, 0.717) is 5.75 Å². The highest BCUT2D eigenvalue weighted by atomic mass is 16.5. The van der Waals surface area contributed by atoms with Crippen molar-refractivity contribution < 1.29 is 19.4 Å². The molecule has 5 heteroatoms. The summed E-state index contributed by atoms with van der Waals surface area (Å²) < 4.78 is 5.30. The number of carboxylic acid groups (broad SMARTS) is 1. The van der Waals surface area contributed by atoms with Crippen LogP contribution in [0.15, 0.2) is 48.5 Å². The van der Waals surface area contributed by atoms with Gasteiger partial charge < -0.3 is 15.2 Å². The Kier molecular flexibility index (Phi) is 4.56. The molecule has 0 saturated carbocycles. The van der Waals surface area contributed by atoms with Gasteiger partial charge in [-0.05, 0) is 36.8 Å². The number of para-hydroxylation sites is 1. The molecule has 2 aromatic carbocycles. The van der Waals surface area contributed by atoms with Gasteiger partial charge in [-0.25, -0.2) is 4.79 Å². The number of hydrogen-bond acceptors (Lipinski definition) is 3. The molecule has 0 radical (unpaired) electrons. The average molecular weight is 285 g/mol. The monoisotopic (exact) mass is 285 g/mol. The molecular formula is C16H15NO4. The second kappa shape index (κ2) is 6.56. The third kappa shape index (κ3) is 4.07. The lowest BCUT2D eigenvalue weighted by Crippen LogP contribution is -2.20. The number of nitrogens with one attached hydrogen (secondary N) is 1. The fraction of sp³-hybridized carbons (Fsp3) is 0.125. The average Bonchev–Trinajstić information content (AvgIpc) is 2.48. The van der Waals surface area contributed by atoms with E-state index in [9.17, 15) is 9.59 Å². The second-order valence-corrected chi connectivity index (χ2v) is 4.48. The standard InChI is InChI=1S/C16H15NO4/c1-11-5-2-3-8-14(11)17-15(18)10-21-13-7-4-6-12(9-13)16(19)20/h2-9H,10H2,1H3,(H,17,18)(H,19,20). The quantitative estimate of drug-likeness (QED) is 0.885. The van der Waals surface area contributed by atoms with Crippen LogP contribution in [0.4, 0.5) is 5.69 Å². The van der Waals surface area contributed by atoms with E-state index in [1.54, 1.807) is 18.2 Å². The third-order valence-corrected chi connectivity index (χ3v) is 2.87. The smallest absolute Gasteiger partial charge is 0.335 e. The first-order valence-electron chi connectivity index (χ1n) is 6.38. The molecule has 0 heterocycles. The first-order chi connectivity index (χ1) is 10.1. The minimum absolute atomic E-state index is 0.117. The van der Waals surface area contributed by atoms with E-state index in [1.807, 2.05) is 25.1 Å². The van der Waals surface area contributed by atoms with Crippen LogP contribution in [0.3, 0.4) is 0 Å². The number of ether oxygens (including phenoxy) is 1. The number of amides is 1. The Morgan fingerprint density at radius 2 is 1.90 bits per heavy atom. The largest absolute Gasteiger partial charge is 0.484 e. The van der Waals surface area contributed by atoms with Crippen LogP contribution < -0.4 is 10.1 Å². The molecule has 0 atom stereocenters. The van der Waals surface area contributed by atoms with Crippen LogP contribution in [0.2, 0.25) is 0 Å². The van der Waals surface area contributed by atoms with E-state index in [2.05, 4.69) is 5.32 Å². The van der Waals surface area contributed by atoms with E-state index < -0.39 is 5.97 Å². The summed E-state index contributed by atoms with van der Waals surface area (Å²) in [7, 11) is 0. The zero-order chi connectivity index (χ0) is 15.2. The number of aryl methyl sites for hydroxylation is 1. The van der Waals surface area contributed by atoms with Crippen molar-refractivity contribution in [1.29, 1.82) is 0 Å². The highest BCUT2D eigenvalue weighted by Crippen LogP contribution is 2.15. The third-order valence-electron chi connectivity index (χ3n) is 2.87. The van der Waals surface area contributed by atoms with Gasteiger partial charge in [-0.15, -0.1) is 0 Å². The summed E-state index contributed by atoms with van der Waals surface area (Å²) in [6.07, 6.45) is 0. The normalized spacial score (nSPS) is 9.95. The molecule has 0 aliphatic carbocycles. The Morgan fingerprint density at radius 1 is 1.14 bits per heavy atom. The number of carbonyl (C=O) groups is 2. The highest BCUT2D eigenvalue weighted by Gasteiger charge is 2.07. The molecule has 21 heavy (non-hydrogen) atoms. The van der Waals surface area contributed by atoms with Gasteiger partial charge in [-0.3, -0.25) is 4.79 Å². The maximum absolute atomic E-state index is 11.8. The Morgan fingerprint density at radius 3 is 2.62 bits per heavy atom. The van der Waals surface area contributed by atoms with Crippen LogP contribution in [-0.4, -0.2) is 23.6 Å². The molecule has 0 fully saturated rings. The van der Waals surface area contributed by atoms with Gasteiger partial charge in [0.1, 0.15) is 5.75 Å². The van der Waals surface area contributed by atoms with Gasteiger partial charge in [-0.1, -0.05) is 24.3 Å².